The van der Waals surface area contributed by atoms with E-state index in [-0.39, 0.29) is 34.0 Å². The zero-order chi connectivity index (χ0) is 23.1. The van der Waals surface area contributed by atoms with Gasteiger partial charge in [-0.05, 0) is 49.1 Å². The highest BCUT2D eigenvalue weighted by atomic mass is 79.9. The summed E-state index contributed by atoms with van der Waals surface area (Å²) in [7, 11) is 0. The van der Waals surface area contributed by atoms with Crippen molar-refractivity contribution in [2.24, 2.45) is 5.10 Å². The summed E-state index contributed by atoms with van der Waals surface area (Å²) in [4.78, 5) is 25.0. The molecule has 164 valence electrons. The average Bonchev–Trinajstić information content (AvgIpc) is 2.81. The van der Waals surface area contributed by atoms with Crippen molar-refractivity contribution in [1.29, 1.82) is 0 Å². The van der Waals surface area contributed by atoms with Crippen LogP contribution in [0.25, 0.3) is 0 Å². The van der Waals surface area contributed by atoms with Crippen LogP contribution in [0.4, 0.5) is 0 Å². The Morgan fingerprint density at radius 1 is 0.938 bits per heavy atom. The highest BCUT2D eigenvalue weighted by Gasteiger charge is 2.22. The number of amides is 2. The minimum Gasteiger partial charge on any atom is -0.506 e. The minimum absolute atomic E-state index is 0.0970. The standard InChI is InChI=1S/C23H19Br2N3O4/c24-17-11-16(21(30)20(25)22(17)31)12-27-28-18(29)13-26-23(32)19(14-7-3-1-4-8-14)15-9-5-2-6-10-15/h1-12,19,30-31H,13H2,(H,26,32)(H,28,29)/b27-12-. The number of hydrogen-bond acceptors (Lipinski definition) is 5. The van der Waals surface area contributed by atoms with Gasteiger partial charge in [0.25, 0.3) is 5.91 Å². The predicted octanol–water partition coefficient (Wildman–Crippen LogP) is 4.02. The molecule has 0 saturated carbocycles. The molecule has 2 amide bonds. The summed E-state index contributed by atoms with van der Waals surface area (Å²) in [6, 6.07) is 20.1. The Hall–Kier alpha value is -3.17. The van der Waals surface area contributed by atoms with E-state index in [2.05, 4.69) is 47.7 Å². The number of rotatable bonds is 7. The van der Waals surface area contributed by atoms with E-state index >= 15 is 0 Å². The molecule has 3 rings (SSSR count). The van der Waals surface area contributed by atoms with E-state index in [0.717, 1.165) is 11.1 Å². The van der Waals surface area contributed by atoms with Gasteiger partial charge in [-0.25, -0.2) is 5.43 Å². The van der Waals surface area contributed by atoms with Gasteiger partial charge in [-0.3, -0.25) is 9.59 Å². The molecule has 0 bridgehead atoms. The fourth-order valence-electron chi connectivity index (χ4n) is 2.98. The lowest BCUT2D eigenvalue weighted by atomic mass is 9.90. The van der Waals surface area contributed by atoms with Crippen molar-refractivity contribution in [3.63, 3.8) is 0 Å². The van der Waals surface area contributed by atoms with Crippen molar-refractivity contribution in [2.75, 3.05) is 6.54 Å². The quantitative estimate of drug-likeness (QED) is 0.258. The van der Waals surface area contributed by atoms with Crippen LogP contribution in [0, 0.1) is 0 Å². The van der Waals surface area contributed by atoms with Crippen LogP contribution in [0.1, 0.15) is 22.6 Å². The zero-order valence-electron chi connectivity index (χ0n) is 16.6. The Morgan fingerprint density at radius 2 is 1.50 bits per heavy atom. The number of hydrogen-bond donors (Lipinski definition) is 4. The summed E-state index contributed by atoms with van der Waals surface area (Å²) in [5.74, 6) is -1.79. The summed E-state index contributed by atoms with van der Waals surface area (Å²) < 4.78 is 0.440. The lowest BCUT2D eigenvalue weighted by Crippen LogP contribution is -2.37. The molecule has 32 heavy (non-hydrogen) atoms. The summed E-state index contributed by atoms with van der Waals surface area (Å²) in [6.07, 6.45) is 1.22. The third kappa shape index (κ3) is 5.74. The number of hydrazone groups is 1. The number of nitrogens with zero attached hydrogens (tertiary/aromatic N) is 1. The van der Waals surface area contributed by atoms with Crippen LogP contribution in [0.3, 0.4) is 0 Å². The van der Waals surface area contributed by atoms with Gasteiger partial charge in [0.1, 0.15) is 16.0 Å². The monoisotopic (exact) mass is 559 g/mol. The van der Waals surface area contributed by atoms with Crippen LogP contribution in [-0.4, -0.2) is 34.8 Å². The van der Waals surface area contributed by atoms with Gasteiger partial charge < -0.3 is 15.5 Å². The summed E-state index contributed by atoms with van der Waals surface area (Å²) in [5.41, 5.74) is 4.19. The molecule has 0 radical (unpaired) electrons. The normalized spacial score (nSPS) is 11.0. The maximum Gasteiger partial charge on any atom is 0.259 e. The fourth-order valence-corrected chi connectivity index (χ4v) is 4.14. The Labute approximate surface area is 201 Å². The molecule has 4 N–H and O–H groups in total. The molecular weight excluding hydrogens is 542 g/mol. The molecule has 0 saturated heterocycles. The van der Waals surface area contributed by atoms with Crippen molar-refractivity contribution >= 4 is 49.9 Å². The topological polar surface area (TPSA) is 111 Å². The van der Waals surface area contributed by atoms with Crippen LogP contribution in [-0.2, 0) is 9.59 Å². The van der Waals surface area contributed by atoms with Crippen molar-refractivity contribution in [3.8, 4) is 11.5 Å². The van der Waals surface area contributed by atoms with Gasteiger partial charge in [0, 0.05) is 5.56 Å². The molecule has 0 atom stereocenters. The number of aromatic hydroxyl groups is 2. The molecular formula is C23H19Br2N3O4. The minimum atomic E-state index is -0.558. The van der Waals surface area contributed by atoms with Gasteiger partial charge in [0.15, 0.2) is 0 Å². The second-order valence-electron chi connectivity index (χ2n) is 6.72. The van der Waals surface area contributed by atoms with E-state index in [1.807, 2.05) is 60.7 Å². The highest BCUT2D eigenvalue weighted by molar-refractivity contribution is 9.11. The predicted molar refractivity (Wildman–Crippen MR) is 129 cm³/mol. The van der Waals surface area contributed by atoms with Crippen molar-refractivity contribution in [2.45, 2.75) is 5.92 Å². The molecule has 0 aliphatic rings. The molecule has 3 aromatic carbocycles. The van der Waals surface area contributed by atoms with Crippen LogP contribution < -0.4 is 10.7 Å². The first kappa shape index (κ1) is 23.5. The highest BCUT2D eigenvalue weighted by Crippen LogP contribution is 2.40. The number of phenolic OH excluding ortho intramolecular Hbond substituents is 2. The summed E-state index contributed by atoms with van der Waals surface area (Å²) in [6.45, 7) is -0.276. The van der Waals surface area contributed by atoms with Crippen LogP contribution in [0.2, 0.25) is 0 Å². The Kier molecular flexibility index (Phi) is 8.02. The molecule has 0 aliphatic heterocycles. The van der Waals surface area contributed by atoms with Crippen molar-refractivity contribution < 1.29 is 19.8 Å². The van der Waals surface area contributed by atoms with Crippen molar-refractivity contribution in [1.82, 2.24) is 10.7 Å². The second kappa shape index (κ2) is 10.9. The zero-order valence-corrected chi connectivity index (χ0v) is 19.8. The van der Waals surface area contributed by atoms with Crippen molar-refractivity contribution in [3.05, 3.63) is 92.4 Å². The van der Waals surface area contributed by atoms with Gasteiger partial charge in [0.2, 0.25) is 5.91 Å². The maximum absolute atomic E-state index is 12.9. The molecule has 0 unspecified atom stereocenters. The summed E-state index contributed by atoms with van der Waals surface area (Å²) in [5, 5.41) is 26.2. The molecule has 3 aromatic rings. The molecule has 0 spiro atoms. The average molecular weight is 561 g/mol. The molecule has 7 nitrogen and oxygen atoms in total. The lowest BCUT2D eigenvalue weighted by Gasteiger charge is -2.17. The Morgan fingerprint density at radius 3 is 2.06 bits per heavy atom. The van der Waals surface area contributed by atoms with E-state index in [1.165, 1.54) is 12.3 Å². The molecule has 0 fully saturated rings. The number of halogens is 2. The van der Waals surface area contributed by atoms with Gasteiger partial charge in [-0.2, -0.15) is 5.10 Å². The SMILES string of the molecule is O=C(CNC(=O)C(c1ccccc1)c1ccccc1)N/N=C\c1cc(Br)c(O)c(Br)c1O. The van der Waals surface area contributed by atoms with Gasteiger partial charge in [-0.1, -0.05) is 60.7 Å². The first-order chi connectivity index (χ1) is 15.4. The Balaban J connectivity index is 1.63. The van der Waals surface area contributed by atoms with E-state index in [9.17, 15) is 19.8 Å². The van der Waals surface area contributed by atoms with E-state index in [1.54, 1.807) is 0 Å². The largest absolute Gasteiger partial charge is 0.506 e. The van der Waals surface area contributed by atoms with Crippen LogP contribution in [0.15, 0.2) is 80.8 Å². The van der Waals surface area contributed by atoms with E-state index in [4.69, 9.17) is 0 Å². The molecule has 9 heteroatoms. The number of carbonyl (C=O) groups excluding carboxylic acids is 2. The number of nitrogens with one attached hydrogen (secondary N) is 2. The van der Waals surface area contributed by atoms with E-state index < -0.39 is 11.8 Å². The van der Waals surface area contributed by atoms with Crippen LogP contribution in [0.5, 0.6) is 11.5 Å². The number of phenols is 2. The van der Waals surface area contributed by atoms with E-state index in [0.29, 0.717) is 4.47 Å². The van der Waals surface area contributed by atoms with Gasteiger partial charge >= 0.3 is 0 Å². The first-order valence-electron chi connectivity index (χ1n) is 9.48. The number of benzene rings is 3. The first-order valence-corrected chi connectivity index (χ1v) is 11.1. The fraction of sp³-hybridized carbons (Fsp3) is 0.0870. The lowest BCUT2D eigenvalue weighted by molar-refractivity contribution is -0.126. The second-order valence-corrected chi connectivity index (χ2v) is 8.37. The number of carbonyl (C=O) groups is 2. The van der Waals surface area contributed by atoms with Gasteiger partial charge in [0.05, 0.1) is 23.1 Å². The molecule has 0 heterocycles. The molecule has 0 aliphatic carbocycles. The smallest absolute Gasteiger partial charge is 0.259 e. The van der Waals surface area contributed by atoms with Crippen LogP contribution >= 0.6 is 31.9 Å². The Bertz CT molecular complexity index is 1100. The van der Waals surface area contributed by atoms with Gasteiger partial charge in [-0.15, -0.1) is 0 Å². The maximum atomic E-state index is 12.9. The third-order valence-electron chi connectivity index (χ3n) is 4.54. The summed E-state index contributed by atoms with van der Waals surface area (Å²) >= 11 is 6.22. The molecule has 0 aromatic heterocycles. The third-order valence-corrected chi connectivity index (χ3v) is 5.90.